The van der Waals surface area contributed by atoms with Crippen molar-refractivity contribution in [3.8, 4) is 45.4 Å². The van der Waals surface area contributed by atoms with Crippen molar-refractivity contribution >= 4 is 11.4 Å². The van der Waals surface area contributed by atoms with E-state index in [2.05, 4.69) is 28.8 Å². The summed E-state index contributed by atoms with van der Waals surface area (Å²) in [7, 11) is 3.29. The minimum atomic E-state index is -0.872. The molecule has 0 saturated heterocycles. The first-order valence-corrected chi connectivity index (χ1v) is 25.1. The lowest BCUT2D eigenvalue weighted by Gasteiger charge is -2.25. The number of methoxy groups -OCH3 is 2. The van der Waals surface area contributed by atoms with Crippen molar-refractivity contribution in [3.05, 3.63) is 187 Å². The van der Waals surface area contributed by atoms with Gasteiger partial charge in [0, 0.05) is 42.0 Å². The first-order valence-electron chi connectivity index (χ1n) is 25.1. The number of ether oxygens (including phenoxy) is 10. The largest absolute Gasteiger partial charge is 0.491 e. The maximum Gasteiger partial charge on any atom is 0.157 e. The quantitative estimate of drug-likeness (QED) is 0.0299. The van der Waals surface area contributed by atoms with Gasteiger partial charge in [-0.05, 0) is 18.2 Å². The number of hydrogen-bond donors (Lipinski definition) is 1. The van der Waals surface area contributed by atoms with Gasteiger partial charge in [0.1, 0.15) is 30.5 Å². The van der Waals surface area contributed by atoms with Gasteiger partial charge in [-0.15, -0.1) is 0 Å². The smallest absolute Gasteiger partial charge is 0.157 e. The molecule has 0 spiro atoms. The average molecular weight is 1010 g/mol. The van der Waals surface area contributed by atoms with E-state index in [1.54, 1.807) is 14.2 Å². The fourth-order valence-corrected chi connectivity index (χ4v) is 7.93. The molecule has 7 rings (SSSR count). The Labute approximate surface area is 435 Å². The van der Waals surface area contributed by atoms with Gasteiger partial charge in [0.2, 0.25) is 0 Å². The van der Waals surface area contributed by atoms with Gasteiger partial charge in [0.15, 0.2) is 6.17 Å². The van der Waals surface area contributed by atoms with Crippen molar-refractivity contribution in [3.63, 3.8) is 0 Å². The second kappa shape index (κ2) is 31.7. The summed E-state index contributed by atoms with van der Waals surface area (Å²) in [5.74, 6) is 1.80. The predicted octanol–water partition coefficient (Wildman–Crippen LogP) is 10.1. The van der Waals surface area contributed by atoms with E-state index >= 15 is 0 Å². The molecule has 388 valence electrons. The Kier molecular flexibility index (Phi) is 23.5. The molecule has 1 aromatic heterocycles. The molecule has 0 aliphatic rings. The highest BCUT2D eigenvalue weighted by Crippen LogP contribution is 2.44. The van der Waals surface area contributed by atoms with Gasteiger partial charge in [-0.1, -0.05) is 152 Å². The average Bonchev–Trinajstić information content (AvgIpc) is 3.86. The SMILES string of the molecule is COCCOCCOCCOCCOc1ccccc1-c1nc(-c2ccccc2)c(-c2ccccc2)n1C(N=C(C(=N)c1ccccc1)c1ccccc1)c1ccccc1OCCOCCOCCOCCOC. The van der Waals surface area contributed by atoms with Crippen LogP contribution in [0.1, 0.15) is 22.9 Å². The Bertz CT molecular complexity index is 2710. The predicted molar refractivity (Wildman–Crippen MR) is 289 cm³/mol. The molecule has 0 fully saturated rings. The molecule has 1 N–H and O–H groups in total. The van der Waals surface area contributed by atoms with Gasteiger partial charge in [0.05, 0.1) is 121 Å². The molecule has 0 amide bonds. The second-order valence-electron chi connectivity index (χ2n) is 16.6. The Morgan fingerprint density at radius 3 is 1.38 bits per heavy atom. The Morgan fingerprint density at radius 1 is 0.446 bits per heavy atom. The maximum absolute atomic E-state index is 9.87. The van der Waals surface area contributed by atoms with Crippen LogP contribution in [0.3, 0.4) is 0 Å². The van der Waals surface area contributed by atoms with Gasteiger partial charge in [-0.25, -0.2) is 4.98 Å². The van der Waals surface area contributed by atoms with Gasteiger partial charge in [-0.3, -0.25) is 15.0 Å². The van der Waals surface area contributed by atoms with Crippen molar-refractivity contribution in [2.24, 2.45) is 4.99 Å². The highest BCUT2D eigenvalue weighted by atomic mass is 16.6. The van der Waals surface area contributed by atoms with Crippen molar-refractivity contribution in [1.29, 1.82) is 5.41 Å². The number of benzene rings is 6. The maximum atomic E-state index is 9.87. The second-order valence-corrected chi connectivity index (χ2v) is 16.6. The molecule has 7 aromatic rings. The van der Waals surface area contributed by atoms with E-state index in [0.29, 0.717) is 116 Å². The van der Waals surface area contributed by atoms with Crippen LogP contribution in [0, 0.1) is 5.41 Å². The van der Waals surface area contributed by atoms with E-state index in [0.717, 1.165) is 44.8 Å². The number of para-hydroxylation sites is 2. The number of nitrogens with one attached hydrogen (secondary N) is 1. The summed E-state index contributed by atoms with van der Waals surface area (Å²) in [6.07, 6.45) is -0.872. The number of imidazole rings is 1. The fourth-order valence-electron chi connectivity index (χ4n) is 7.93. The molecule has 6 aromatic carbocycles. The third-order valence-electron chi connectivity index (χ3n) is 11.5. The summed E-state index contributed by atoms with van der Waals surface area (Å²) in [5.41, 5.74) is 7.08. The van der Waals surface area contributed by atoms with Crippen LogP contribution in [0.5, 0.6) is 11.5 Å². The lowest BCUT2D eigenvalue weighted by atomic mass is 9.99. The topological polar surface area (TPSA) is 146 Å². The number of hydrogen-bond acceptors (Lipinski definition) is 13. The van der Waals surface area contributed by atoms with Crippen LogP contribution in [-0.4, -0.2) is 141 Å². The van der Waals surface area contributed by atoms with E-state index in [4.69, 9.17) is 57.3 Å². The van der Waals surface area contributed by atoms with Gasteiger partial charge >= 0.3 is 0 Å². The van der Waals surface area contributed by atoms with Crippen molar-refractivity contribution < 1.29 is 47.4 Å². The first kappa shape index (κ1) is 54.9. The van der Waals surface area contributed by atoms with Crippen LogP contribution in [0.15, 0.2) is 175 Å². The van der Waals surface area contributed by atoms with E-state index in [9.17, 15) is 5.41 Å². The van der Waals surface area contributed by atoms with Crippen LogP contribution in [0.2, 0.25) is 0 Å². The van der Waals surface area contributed by atoms with Crippen molar-refractivity contribution in [2.75, 3.05) is 120 Å². The molecule has 0 aliphatic heterocycles. The number of nitrogens with zero attached hydrogens (tertiary/aromatic N) is 3. The minimum absolute atomic E-state index is 0.255. The van der Waals surface area contributed by atoms with Crippen LogP contribution >= 0.6 is 0 Å². The highest BCUT2D eigenvalue weighted by molar-refractivity contribution is 6.52. The van der Waals surface area contributed by atoms with Gasteiger partial charge < -0.3 is 47.4 Å². The van der Waals surface area contributed by atoms with Gasteiger partial charge in [-0.2, -0.15) is 0 Å². The molecule has 1 unspecified atom stereocenters. The molecule has 14 heteroatoms. The zero-order chi connectivity index (χ0) is 51.3. The number of aliphatic imine (C=N–C) groups is 1. The molecule has 0 saturated carbocycles. The molecule has 1 heterocycles. The van der Waals surface area contributed by atoms with Crippen LogP contribution in [0.4, 0.5) is 0 Å². The molecule has 0 bridgehead atoms. The minimum Gasteiger partial charge on any atom is -0.491 e. The zero-order valence-corrected chi connectivity index (χ0v) is 42.5. The number of aromatic nitrogens is 2. The van der Waals surface area contributed by atoms with E-state index < -0.39 is 6.17 Å². The standard InChI is InChI=1S/C60H68N4O10/c1-65-31-33-67-35-37-69-39-41-71-43-45-73-53-29-17-15-27-51(53)59(62-56(48-21-9-4-10-22-48)55(61)47-19-7-3-8-20-47)64-58(50-25-13-6-14-26-50)57(49-23-11-5-12-24-49)63-60(64)52-28-16-18-30-54(52)74-46-44-72-42-40-70-38-36-68-34-32-66-2/h3-30,59,61H,31-46H2,1-2H3. The molecule has 74 heavy (non-hydrogen) atoms. The zero-order valence-electron chi connectivity index (χ0n) is 42.5. The first-order chi connectivity index (χ1) is 36.7. The summed E-state index contributed by atoms with van der Waals surface area (Å²) in [4.78, 5) is 11.4. The molecular formula is C60H68N4O10. The summed E-state index contributed by atoms with van der Waals surface area (Å²) >= 11 is 0. The molecule has 0 radical (unpaired) electrons. The summed E-state index contributed by atoms with van der Waals surface area (Å²) < 4.78 is 59.8. The van der Waals surface area contributed by atoms with Crippen LogP contribution < -0.4 is 9.47 Å². The summed E-state index contributed by atoms with van der Waals surface area (Å²) in [6, 6.07) is 55.8. The van der Waals surface area contributed by atoms with Crippen molar-refractivity contribution in [1.82, 2.24) is 9.55 Å². The van der Waals surface area contributed by atoms with E-state index in [1.165, 1.54) is 0 Å². The van der Waals surface area contributed by atoms with Crippen LogP contribution in [0.25, 0.3) is 33.9 Å². The molecule has 1 atom stereocenters. The lowest BCUT2D eigenvalue weighted by molar-refractivity contribution is 0.000117. The van der Waals surface area contributed by atoms with Crippen LogP contribution in [-0.2, 0) is 37.9 Å². The van der Waals surface area contributed by atoms with Gasteiger partial charge in [0.25, 0.3) is 0 Å². The molecular weight excluding hydrogens is 937 g/mol. The lowest BCUT2D eigenvalue weighted by Crippen LogP contribution is -2.21. The third kappa shape index (κ3) is 16.6. The van der Waals surface area contributed by atoms with E-state index in [1.807, 2.05) is 146 Å². The summed E-state index contributed by atoms with van der Waals surface area (Å²) in [5, 5.41) is 9.87. The Morgan fingerprint density at radius 2 is 0.851 bits per heavy atom. The molecule has 0 aliphatic carbocycles. The Balaban J connectivity index is 1.30. The number of rotatable bonds is 35. The monoisotopic (exact) mass is 1000 g/mol. The Hall–Kier alpha value is -6.85. The van der Waals surface area contributed by atoms with Crippen molar-refractivity contribution in [2.45, 2.75) is 6.17 Å². The molecule has 14 nitrogen and oxygen atoms in total. The normalized spacial score (nSPS) is 11.9. The van der Waals surface area contributed by atoms with E-state index in [-0.39, 0.29) is 18.9 Å². The summed E-state index contributed by atoms with van der Waals surface area (Å²) in [6.45, 7) is 6.90. The third-order valence-corrected chi connectivity index (χ3v) is 11.5. The fraction of sp³-hybridized carbons (Fsp3) is 0.317. The highest BCUT2D eigenvalue weighted by Gasteiger charge is 2.31.